The number of alkyl halides is 6. The van der Waals surface area contributed by atoms with Gasteiger partial charge in [0.25, 0.3) is 0 Å². The van der Waals surface area contributed by atoms with Crippen molar-refractivity contribution in [2.24, 2.45) is 0 Å². The molecule has 0 aromatic heterocycles. The third-order valence-electron chi connectivity index (χ3n) is 4.11. The van der Waals surface area contributed by atoms with Gasteiger partial charge in [0.2, 0.25) is 10.0 Å². The Hall–Kier alpha value is -2.26. The van der Waals surface area contributed by atoms with Gasteiger partial charge >= 0.3 is 18.6 Å². The first-order valence-electron chi connectivity index (χ1n) is 8.88. The molecular weight excluding hydrogens is 460 g/mol. The van der Waals surface area contributed by atoms with Crippen LogP contribution in [0, 0.1) is 0 Å². The maximum absolute atomic E-state index is 12.6. The highest BCUT2D eigenvalue weighted by atomic mass is 32.2. The van der Waals surface area contributed by atoms with Crippen LogP contribution in [0.2, 0.25) is 0 Å². The third kappa shape index (κ3) is 8.41. The van der Waals surface area contributed by atoms with Gasteiger partial charge < -0.3 is 10.1 Å². The molecule has 8 nitrogen and oxygen atoms in total. The molecule has 1 aromatic rings. The number of piperidine rings is 1. The minimum atomic E-state index is -4.90. The molecule has 0 spiro atoms. The molecule has 1 heterocycles. The van der Waals surface area contributed by atoms with Crippen molar-refractivity contribution in [2.75, 3.05) is 19.6 Å². The van der Waals surface area contributed by atoms with Crippen LogP contribution in [0.5, 0.6) is 5.75 Å². The number of nitrogens with zero attached hydrogens (tertiary/aromatic N) is 1. The van der Waals surface area contributed by atoms with Gasteiger partial charge in [-0.25, -0.2) is 18.7 Å². The van der Waals surface area contributed by atoms with Crippen LogP contribution in [-0.2, 0) is 14.9 Å². The van der Waals surface area contributed by atoms with Crippen molar-refractivity contribution in [1.29, 1.82) is 0 Å². The predicted octanol–water partition coefficient (Wildman–Crippen LogP) is 2.92. The minimum absolute atomic E-state index is 0.00513. The second kappa shape index (κ2) is 9.91. The largest absolute Gasteiger partial charge is 0.573 e. The zero-order chi connectivity index (χ0) is 23.3. The number of amides is 2. The lowest BCUT2D eigenvalue weighted by atomic mass is 10.1. The van der Waals surface area contributed by atoms with Crippen molar-refractivity contribution >= 4 is 16.1 Å². The molecule has 2 rings (SSSR count). The SMILES string of the molecule is O=C(NCCC(F)(F)F)NOC1CCN(S(=O)(=O)c2ccc(OC(F)(F)F)cc2)CC1. The molecule has 1 aliphatic heterocycles. The molecule has 15 heteroatoms. The van der Waals surface area contributed by atoms with Crippen LogP contribution < -0.4 is 15.5 Å². The summed E-state index contributed by atoms with van der Waals surface area (Å²) in [7, 11) is -3.97. The molecule has 2 N–H and O–H groups in total. The first-order valence-corrected chi connectivity index (χ1v) is 10.3. The first-order chi connectivity index (χ1) is 14.3. The highest BCUT2D eigenvalue weighted by molar-refractivity contribution is 7.89. The maximum atomic E-state index is 12.6. The van der Waals surface area contributed by atoms with Crippen molar-refractivity contribution in [3.63, 3.8) is 0 Å². The summed E-state index contributed by atoms with van der Waals surface area (Å²) in [4.78, 5) is 16.2. The summed E-state index contributed by atoms with van der Waals surface area (Å²) < 4.78 is 103. The van der Waals surface area contributed by atoms with E-state index in [2.05, 4.69) is 4.74 Å². The van der Waals surface area contributed by atoms with E-state index in [1.165, 1.54) is 0 Å². The topological polar surface area (TPSA) is 97.0 Å². The number of ether oxygens (including phenoxy) is 1. The molecule has 0 unspecified atom stereocenters. The van der Waals surface area contributed by atoms with Crippen molar-refractivity contribution in [3.8, 4) is 5.75 Å². The molecule has 0 saturated carbocycles. The van der Waals surface area contributed by atoms with Crippen LogP contribution in [0.25, 0.3) is 0 Å². The monoisotopic (exact) mass is 479 g/mol. The van der Waals surface area contributed by atoms with Crippen LogP contribution in [-0.4, -0.2) is 57.0 Å². The van der Waals surface area contributed by atoms with Crippen LogP contribution in [0.4, 0.5) is 31.1 Å². The van der Waals surface area contributed by atoms with Gasteiger partial charge in [-0.2, -0.15) is 17.5 Å². The van der Waals surface area contributed by atoms with E-state index in [-0.39, 0.29) is 30.8 Å². The van der Waals surface area contributed by atoms with E-state index in [4.69, 9.17) is 4.84 Å². The summed E-state index contributed by atoms with van der Waals surface area (Å²) in [6.07, 6.45) is -10.7. The molecule has 0 radical (unpaired) electrons. The Morgan fingerprint density at radius 2 is 1.65 bits per heavy atom. The van der Waals surface area contributed by atoms with Crippen LogP contribution in [0.3, 0.4) is 0 Å². The van der Waals surface area contributed by atoms with Gasteiger partial charge in [0.1, 0.15) is 5.75 Å². The molecule has 0 aliphatic carbocycles. The van der Waals surface area contributed by atoms with Crippen molar-refractivity contribution in [2.45, 2.75) is 42.8 Å². The molecule has 2 amide bonds. The fraction of sp³-hybridized carbons (Fsp3) is 0.562. The number of sulfonamides is 1. The van der Waals surface area contributed by atoms with E-state index < -0.39 is 53.4 Å². The third-order valence-corrected chi connectivity index (χ3v) is 6.02. The van der Waals surface area contributed by atoms with Crippen LogP contribution in [0.1, 0.15) is 19.3 Å². The van der Waals surface area contributed by atoms with Crippen molar-refractivity contribution in [1.82, 2.24) is 15.1 Å². The minimum Gasteiger partial charge on any atom is -0.406 e. The molecule has 0 bridgehead atoms. The fourth-order valence-electron chi connectivity index (χ4n) is 2.64. The molecule has 176 valence electrons. The highest BCUT2D eigenvalue weighted by Crippen LogP contribution is 2.26. The normalized spacial score (nSPS) is 16.7. The van der Waals surface area contributed by atoms with Gasteiger partial charge in [0.15, 0.2) is 0 Å². The summed E-state index contributed by atoms with van der Waals surface area (Å²) in [5, 5.41) is 1.97. The second-order valence-electron chi connectivity index (χ2n) is 6.46. The Morgan fingerprint density at radius 3 is 2.16 bits per heavy atom. The summed E-state index contributed by atoms with van der Waals surface area (Å²) in [6, 6.07) is 2.80. The van der Waals surface area contributed by atoms with Gasteiger partial charge in [0, 0.05) is 19.6 Å². The van der Waals surface area contributed by atoms with Gasteiger partial charge in [-0.1, -0.05) is 0 Å². The standard InChI is InChI=1S/C16H19F6N3O5S/c17-15(18,19)7-8-23-14(26)24-30-12-5-9-25(10-6-12)31(27,28)13-3-1-11(2-4-13)29-16(20,21)22/h1-4,12H,5-10H2,(H2,23,24,26). The van der Waals surface area contributed by atoms with Crippen LogP contribution in [0.15, 0.2) is 29.2 Å². The average molecular weight is 479 g/mol. The molecule has 1 fully saturated rings. The number of nitrogens with one attached hydrogen (secondary N) is 2. The van der Waals surface area contributed by atoms with Gasteiger partial charge in [0.05, 0.1) is 17.4 Å². The van der Waals surface area contributed by atoms with Crippen LogP contribution >= 0.6 is 0 Å². The number of rotatable bonds is 7. The molecule has 1 saturated heterocycles. The molecule has 1 aliphatic rings. The van der Waals surface area contributed by atoms with E-state index in [0.29, 0.717) is 0 Å². The van der Waals surface area contributed by atoms with Gasteiger partial charge in [-0.3, -0.25) is 4.84 Å². The zero-order valence-corrected chi connectivity index (χ0v) is 16.6. The number of hydrogen-bond donors (Lipinski definition) is 2. The van der Waals surface area contributed by atoms with E-state index in [0.717, 1.165) is 28.6 Å². The van der Waals surface area contributed by atoms with E-state index >= 15 is 0 Å². The van der Waals surface area contributed by atoms with Gasteiger partial charge in [-0.15, -0.1) is 13.2 Å². The second-order valence-corrected chi connectivity index (χ2v) is 8.40. The molecule has 1 aromatic carbocycles. The lowest BCUT2D eigenvalue weighted by Crippen LogP contribution is -2.44. The van der Waals surface area contributed by atoms with E-state index in [1.807, 2.05) is 10.8 Å². The summed E-state index contributed by atoms with van der Waals surface area (Å²) in [5.41, 5.74) is 1.96. The zero-order valence-electron chi connectivity index (χ0n) is 15.8. The first kappa shape index (κ1) is 25.0. The Bertz CT molecular complexity index is 837. The molecular formula is C16H19F6N3O5S. The number of benzene rings is 1. The van der Waals surface area contributed by atoms with Crippen molar-refractivity contribution in [3.05, 3.63) is 24.3 Å². The molecule has 0 atom stereocenters. The number of carbonyl (C=O) groups is 1. The lowest BCUT2D eigenvalue weighted by molar-refractivity contribution is -0.274. The molecule has 31 heavy (non-hydrogen) atoms. The number of hydrogen-bond acceptors (Lipinski definition) is 5. The number of halogens is 6. The Balaban J connectivity index is 1.80. The summed E-state index contributed by atoms with van der Waals surface area (Å²) >= 11 is 0. The van der Waals surface area contributed by atoms with Gasteiger partial charge in [-0.05, 0) is 37.1 Å². The Labute approximate surface area is 173 Å². The van der Waals surface area contributed by atoms with E-state index in [9.17, 15) is 39.6 Å². The lowest BCUT2D eigenvalue weighted by Gasteiger charge is -2.30. The average Bonchev–Trinajstić information content (AvgIpc) is 2.65. The summed E-state index contributed by atoms with van der Waals surface area (Å²) in [5.74, 6) is -0.557. The Kier molecular flexibility index (Phi) is 7.99. The number of urea groups is 1. The maximum Gasteiger partial charge on any atom is 0.573 e. The fourth-order valence-corrected chi connectivity index (χ4v) is 4.11. The highest BCUT2D eigenvalue weighted by Gasteiger charge is 2.33. The number of hydroxylamine groups is 1. The predicted molar refractivity (Wildman–Crippen MR) is 93.2 cm³/mol. The summed E-state index contributed by atoms with van der Waals surface area (Å²) in [6.45, 7) is -0.613. The Morgan fingerprint density at radius 1 is 1.06 bits per heavy atom. The van der Waals surface area contributed by atoms with E-state index in [1.54, 1.807) is 0 Å². The van der Waals surface area contributed by atoms with Crippen molar-refractivity contribution < 1.29 is 49.1 Å². The number of carbonyl (C=O) groups excluding carboxylic acids is 1. The quantitative estimate of drug-likeness (QED) is 0.463. The smallest absolute Gasteiger partial charge is 0.406 e.